The number of hydrogen-bond acceptors (Lipinski definition) is 4. The van der Waals surface area contributed by atoms with Crippen molar-refractivity contribution in [2.45, 2.75) is 6.42 Å². The van der Waals surface area contributed by atoms with Gasteiger partial charge in [-0.15, -0.1) is 11.3 Å². The van der Waals surface area contributed by atoms with Gasteiger partial charge in [0.2, 0.25) is 5.91 Å². The van der Waals surface area contributed by atoms with Crippen LogP contribution < -0.4 is 5.32 Å². The second-order valence-corrected chi connectivity index (χ2v) is 6.19. The average Bonchev–Trinajstić information content (AvgIpc) is 3.23. The van der Waals surface area contributed by atoms with Gasteiger partial charge >= 0.3 is 0 Å². The van der Waals surface area contributed by atoms with E-state index in [0.29, 0.717) is 0 Å². The number of carbonyl (C=O) groups excluding carboxylic acids is 1. The maximum absolute atomic E-state index is 12.4. The molecule has 0 atom stereocenters. The Morgan fingerprint density at radius 2 is 2.00 bits per heavy atom. The van der Waals surface area contributed by atoms with Gasteiger partial charge in [0.15, 0.2) is 0 Å². The van der Waals surface area contributed by atoms with Crippen LogP contribution in [0.4, 0.5) is 5.00 Å². The summed E-state index contributed by atoms with van der Waals surface area (Å²) in [6.45, 7) is 0. The molecular weight excluding hydrogens is 320 g/mol. The summed E-state index contributed by atoms with van der Waals surface area (Å²) >= 11 is 1.43. The first-order chi connectivity index (χ1) is 11.8. The van der Waals surface area contributed by atoms with Crippen LogP contribution in [0.25, 0.3) is 22.3 Å². The molecule has 3 aromatic heterocycles. The number of benzene rings is 1. The molecule has 3 heterocycles. The molecule has 0 saturated carbocycles. The van der Waals surface area contributed by atoms with Gasteiger partial charge in [-0.1, -0.05) is 30.3 Å². The average molecular weight is 334 g/mol. The number of nitrogens with zero attached hydrogens (tertiary/aromatic N) is 2. The Morgan fingerprint density at radius 1 is 1.12 bits per heavy atom. The molecule has 0 saturated heterocycles. The van der Waals surface area contributed by atoms with Gasteiger partial charge in [-0.2, -0.15) is 0 Å². The highest BCUT2D eigenvalue weighted by molar-refractivity contribution is 7.14. The third-order valence-corrected chi connectivity index (χ3v) is 4.50. The number of carbonyl (C=O) groups is 1. The van der Waals surface area contributed by atoms with E-state index in [9.17, 15) is 4.79 Å². The van der Waals surface area contributed by atoms with E-state index in [0.717, 1.165) is 32.9 Å². The molecule has 0 aliphatic heterocycles. The fraction of sp³-hybridized carbons (Fsp3) is 0.0556. The number of hydrogen-bond donors (Lipinski definition) is 2. The van der Waals surface area contributed by atoms with Crippen molar-refractivity contribution in [3.05, 3.63) is 65.9 Å². The normalized spacial score (nSPS) is 10.8. The number of amides is 1. The zero-order valence-corrected chi connectivity index (χ0v) is 13.5. The molecule has 118 valence electrons. The summed E-state index contributed by atoms with van der Waals surface area (Å²) in [5, 5.41) is 4.71. The SMILES string of the molecule is O=C(Cc1c[nH]c2ncccc12)Nc1scnc1-c1ccccc1. The van der Waals surface area contributed by atoms with E-state index in [4.69, 9.17) is 0 Å². The molecule has 0 aliphatic carbocycles. The lowest BCUT2D eigenvalue weighted by molar-refractivity contribution is -0.115. The lowest BCUT2D eigenvalue weighted by atomic mass is 10.1. The first-order valence-electron chi connectivity index (χ1n) is 7.51. The van der Waals surface area contributed by atoms with E-state index in [1.54, 1.807) is 11.7 Å². The number of nitrogens with one attached hydrogen (secondary N) is 2. The van der Waals surface area contributed by atoms with Crippen molar-refractivity contribution in [1.29, 1.82) is 0 Å². The van der Waals surface area contributed by atoms with Crippen molar-refractivity contribution >= 4 is 33.3 Å². The van der Waals surface area contributed by atoms with Gasteiger partial charge in [0.1, 0.15) is 16.3 Å². The first kappa shape index (κ1) is 14.6. The third kappa shape index (κ3) is 2.79. The van der Waals surface area contributed by atoms with Crippen LogP contribution in [-0.2, 0) is 11.2 Å². The molecule has 0 spiro atoms. The van der Waals surface area contributed by atoms with Crippen molar-refractivity contribution in [3.63, 3.8) is 0 Å². The molecule has 0 radical (unpaired) electrons. The van der Waals surface area contributed by atoms with Gasteiger partial charge in [0.25, 0.3) is 0 Å². The van der Waals surface area contributed by atoms with Crippen LogP contribution in [0.5, 0.6) is 0 Å². The van der Waals surface area contributed by atoms with Crippen molar-refractivity contribution in [2.75, 3.05) is 5.32 Å². The van der Waals surface area contributed by atoms with E-state index in [1.165, 1.54) is 11.3 Å². The van der Waals surface area contributed by atoms with Crippen LogP contribution in [0, 0.1) is 0 Å². The van der Waals surface area contributed by atoms with Gasteiger partial charge in [-0.05, 0) is 17.7 Å². The highest BCUT2D eigenvalue weighted by atomic mass is 32.1. The van der Waals surface area contributed by atoms with Crippen LogP contribution in [0.3, 0.4) is 0 Å². The van der Waals surface area contributed by atoms with Gasteiger partial charge in [0.05, 0.1) is 11.9 Å². The molecular formula is C18H14N4OS. The van der Waals surface area contributed by atoms with Gasteiger partial charge in [-0.25, -0.2) is 9.97 Å². The molecule has 6 heteroatoms. The third-order valence-electron chi connectivity index (χ3n) is 3.76. The van der Waals surface area contributed by atoms with Gasteiger partial charge in [0, 0.05) is 23.3 Å². The molecule has 4 aromatic rings. The number of rotatable bonds is 4. The highest BCUT2D eigenvalue weighted by Gasteiger charge is 2.14. The number of aromatic nitrogens is 3. The first-order valence-corrected chi connectivity index (χ1v) is 8.39. The quantitative estimate of drug-likeness (QED) is 0.595. The van der Waals surface area contributed by atoms with E-state index < -0.39 is 0 Å². The largest absolute Gasteiger partial charge is 0.346 e. The summed E-state index contributed by atoms with van der Waals surface area (Å²) in [5.74, 6) is -0.0683. The molecule has 1 aromatic carbocycles. The van der Waals surface area contributed by atoms with E-state index in [1.807, 2.05) is 48.7 Å². The summed E-state index contributed by atoms with van der Waals surface area (Å²) in [6.07, 6.45) is 3.85. The topological polar surface area (TPSA) is 70.7 Å². The summed E-state index contributed by atoms with van der Waals surface area (Å²) in [4.78, 5) is 24.1. The fourth-order valence-electron chi connectivity index (χ4n) is 2.64. The van der Waals surface area contributed by atoms with Gasteiger partial charge < -0.3 is 10.3 Å². The number of thiazole rings is 1. The van der Waals surface area contributed by atoms with Crippen LogP contribution in [-0.4, -0.2) is 20.9 Å². The Hall–Kier alpha value is -2.99. The van der Waals surface area contributed by atoms with Gasteiger partial charge in [-0.3, -0.25) is 4.79 Å². The van der Waals surface area contributed by atoms with Crippen LogP contribution >= 0.6 is 11.3 Å². The Labute approximate surface area is 142 Å². The summed E-state index contributed by atoms with van der Waals surface area (Å²) in [5.41, 5.74) is 5.26. The number of anilines is 1. The van der Waals surface area contributed by atoms with Crippen molar-refractivity contribution < 1.29 is 4.79 Å². The summed E-state index contributed by atoms with van der Waals surface area (Å²) in [6, 6.07) is 13.7. The minimum absolute atomic E-state index is 0.0683. The molecule has 1 amide bonds. The number of H-pyrrole nitrogens is 1. The molecule has 2 N–H and O–H groups in total. The van der Waals surface area contributed by atoms with Crippen molar-refractivity contribution in [3.8, 4) is 11.3 Å². The van der Waals surface area contributed by atoms with Crippen LogP contribution in [0.1, 0.15) is 5.56 Å². The number of aromatic amines is 1. The fourth-order valence-corrected chi connectivity index (χ4v) is 3.36. The zero-order chi connectivity index (χ0) is 16.4. The molecule has 0 unspecified atom stereocenters. The molecule has 24 heavy (non-hydrogen) atoms. The van der Waals surface area contributed by atoms with Crippen LogP contribution in [0.2, 0.25) is 0 Å². The Balaban J connectivity index is 1.54. The van der Waals surface area contributed by atoms with Crippen LogP contribution in [0.15, 0.2) is 60.4 Å². The number of pyridine rings is 1. The maximum atomic E-state index is 12.4. The molecule has 5 nitrogen and oxygen atoms in total. The monoisotopic (exact) mass is 334 g/mol. The minimum atomic E-state index is -0.0683. The second-order valence-electron chi connectivity index (χ2n) is 5.33. The van der Waals surface area contributed by atoms with E-state index in [-0.39, 0.29) is 12.3 Å². The summed E-state index contributed by atoms with van der Waals surface area (Å²) in [7, 11) is 0. The predicted octanol–water partition coefficient (Wildman–Crippen LogP) is 3.87. The predicted molar refractivity (Wildman–Crippen MR) is 96.0 cm³/mol. The number of fused-ring (bicyclic) bond motifs is 1. The van der Waals surface area contributed by atoms with E-state index in [2.05, 4.69) is 20.3 Å². The molecule has 0 fully saturated rings. The van der Waals surface area contributed by atoms with E-state index >= 15 is 0 Å². The zero-order valence-electron chi connectivity index (χ0n) is 12.7. The highest BCUT2D eigenvalue weighted by Crippen LogP contribution is 2.30. The molecule has 4 rings (SSSR count). The van der Waals surface area contributed by atoms with Crippen molar-refractivity contribution in [2.24, 2.45) is 0 Å². The minimum Gasteiger partial charge on any atom is -0.346 e. The summed E-state index contributed by atoms with van der Waals surface area (Å²) < 4.78 is 0. The Kier molecular flexibility index (Phi) is 3.80. The lowest BCUT2D eigenvalue weighted by Crippen LogP contribution is -2.13. The lowest BCUT2D eigenvalue weighted by Gasteiger charge is -2.05. The Morgan fingerprint density at radius 3 is 2.88 bits per heavy atom. The van der Waals surface area contributed by atoms with Crippen molar-refractivity contribution in [1.82, 2.24) is 15.0 Å². The molecule has 0 aliphatic rings. The Bertz CT molecular complexity index is 990. The second kappa shape index (κ2) is 6.25. The smallest absolute Gasteiger partial charge is 0.229 e. The standard InChI is InChI=1S/C18H14N4OS/c23-15(9-13-10-20-17-14(13)7-4-8-19-17)22-18-16(21-11-24-18)12-5-2-1-3-6-12/h1-8,10-11H,9H2,(H,19,20)(H,22,23). The molecule has 0 bridgehead atoms. The maximum Gasteiger partial charge on any atom is 0.229 e.